The number of nitrogens with zero attached hydrogens (tertiary/aromatic N) is 1. The number of amides is 2. The molecule has 0 aromatic heterocycles. The van der Waals surface area contributed by atoms with E-state index < -0.39 is 5.79 Å². The third-order valence-electron chi connectivity index (χ3n) is 5.24. The second-order valence-electron chi connectivity index (χ2n) is 7.34. The van der Waals surface area contributed by atoms with Crippen molar-refractivity contribution >= 4 is 11.7 Å². The molecule has 25 heavy (non-hydrogen) atoms. The van der Waals surface area contributed by atoms with Crippen LogP contribution in [0.3, 0.4) is 0 Å². The van der Waals surface area contributed by atoms with Gasteiger partial charge in [-0.15, -0.1) is 0 Å². The molecule has 2 bridgehead atoms. The third kappa shape index (κ3) is 2.18. The summed E-state index contributed by atoms with van der Waals surface area (Å²) in [5.74, 6) is 0.702. The van der Waals surface area contributed by atoms with Gasteiger partial charge in [0.25, 0.3) is 0 Å². The van der Waals surface area contributed by atoms with Crippen molar-refractivity contribution in [1.29, 1.82) is 0 Å². The third-order valence-corrected chi connectivity index (χ3v) is 5.24. The first kappa shape index (κ1) is 14.6. The van der Waals surface area contributed by atoms with E-state index in [0.29, 0.717) is 11.5 Å². The number of anilines is 1. The Labute approximate surface area is 146 Å². The summed E-state index contributed by atoms with van der Waals surface area (Å²) in [7, 11) is 0. The zero-order chi connectivity index (χ0) is 17.2. The van der Waals surface area contributed by atoms with E-state index in [1.54, 1.807) is 0 Å². The number of fused-ring (bicyclic) bond motifs is 6. The quantitative estimate of drug-likeness (QED) is 0.827. The minimum Gasteiger partial charge on any atom is -0.449 e. The van der Waals surface area contributed by atoms with Gasteiger partial charge in [0.15, 0.2) is 11.5 Å². The van der Waals surface area contributed by atoms with Crippen LogP contribution in [0.5, 0.6) is 11.5 Å². The fraction of sp³-hybridized carbons (Fsp3) is 0.350. The van der Waals surface area contributed by atoms with Crippen LogP contribution < -0.4 is 14.8 Å². The van der Waals surface area contributed by atoms with Crippen LogP contribution in [0.25, 0.3) is 0 Å². The molecule has 1 saturated heterocycles. The van der Waals surface area contributed by atoms with Gasteiger partial charge in [0.1, 0.15) is 0 Å². The van der Waals surface area contributed by atoms with Gasteiger partial charge < -0.3 is 19.7 Å². The highest BCUT2D eigenvalue weighted by molar-refractivity contribution is 5.91. The molecular formula is C20H20N2O3. The van der Waals surface area contributed by atoms with Crippen LogP contribution in [0.1, 0.15) is 49.9 Å². The minimum atomic E-state index is -0.666. The van der Waals surface area contributed by atoms with Gasteiger partial charge in [0, 0.05) is 25.6 Å². The average Bonchev–Trinajstić information content (AvgIpc) is 3.23. The predicted octanol–water partition coefficient (Wildman–Crippen LogP) is 4.62. The van der Waals surface area contributed by atoms with E-state index >= 15 is 0 Å². The monoisotopic (exact) mass is 336 g/mol. The van der Waals surface area contributed by atoms with Gasteiger partial charge in [-0.1, -0.05) is 24.3 Å². The lowest BCUT2D eigenvalue weighted by Gasteiger charge is -2.23. The number of hydrogen-bond donors (Lipinski definition) is 1. The summed E-state index contributed by atoms with van der Waals surface area (Å²) in [6.07, 6.45) is 2.06. The molecule has 2 aromatic carbocycles. The van der Waals surface area contributed by atoms with Crippen LogP contribution in [0.4, 0.5) is 10.5 Å². The minimum absolute atomic E-state index is 0.0539. The number of urea groups is 1. The van der Waals surface area contributed by atoms with E-state index in [0.717, 1.165) is 18.5 Å². The van der Waals surface area contributed by atoms with Gasteiger partial charge in [-0.25, -0.2) is 4.79 Å². The van der Waals surface area contributed by atoms with Crippen LogP contribution in [0.15, 0.2) is 42.5 Å². The smallest absolute Gasteiger partial charge is 0.322 e. The molecular weight excluding hydrogens is 316 g/mol. The lowest BCUT2D eigenvalue weighted by atomic mass is 9.92. The Balaban J connectivity index is 1.38. The van der Waals surface area contributed by atoms with Gasteiger partial charge in [-0.2, -0.15) is 0 Å². The van der Waals surface area contributed by atoms with Crippen molar-refractivity contribution in [3.05, 3.63) is 53.6 Å². The van der Waals surface area contributed by atoms with E-state index in [2.05, 4.69) is 29.6 Å². The normalized spacial score (nSPS) is 24.3. The average molecular weight is 336 g/mol. The van der Waals surface area contributed by atoms with Crippen molar-refractivity contribution in [3.63, 3.8) is 0 Å². The fourth-order valence-corrected chi connectivity index (χ4v) is 4.31. The van der Waals surface area contributed by atoms with E-state index in [-0.39, 0.29) is 18.1 Å². The molecule has 0 saturated carbocycles. The molecule has 5 nitrogen and oxygen atoms in total. The summed E-state index contributed by atoms with van der Waals surface area (Å²) in [6, 6.07) is 14.2. The van der Waals surface area contributed by atoms with Gasteiger partial charge in [0.2, 0.25) is 5.79 Å². The standard InChI is InChI=1S/C20H20N2O3/c1-20(2)24-17-10-7-12(11-18(17)25-20)21-19(23)22-15-8-9-16(22)14-6-4-3-5-13(14)15/h3-7,10-11,15-16H,8-9H2,1-2H3,(H,21,23). The molecule has 3 aliphatic heterocycles. The first-order valence-corrected chi connectivity index (χ1v) is 8.72. The summed E-state index contributed by atoms with van der Waals surface area (Å²) in [5.41, 5.74) is 3.31. The summed E-state index contributed by atoms with van der Waals surface area (Å²) >= 11 is 0. The van der Waals surface area contributed by atoms with Crippen LogP contribution >= 0.6 is 0 Å². The summed E-state index contributed by atoms with van der Waals surface area (Å²) < 4.78 is 11.5. The molecule has 2 unspecified atom stereocenters. The van der Waals surface area contributed by atoms with Crippen molar-refractivity contribution in [2.45, 2.75) is 44.6 Å². The Bertz CT molecular complexity index is 846. The van der Waals surface area contributed by atoms with Crippen LogP contribution in [0, 0.1) is 0 Å². The Hall–Kier alpha value is -2.69. The Kier molecular flexibility index (Phi) is 2.87. The summed E-state index contributed by atoms with van der Waals surface area (Å²) in [4.78, 5) is 14.9. The molecule has 2 amide bonds. The van der Waals surface area contributed by atoms with Gasteiger partial charge in [-0.05, 0) is 36.1 Å². The first-order valence-electron chi connectivity index (χ1n) is 8.72. The van der Waals surface area contributed by atoms with E-state index in [1.807, 2.05) is 36.9 Å². The predicted molar refractivity (Wildman–Crippen MR) is 93.8 cm³/mol. The zero-order valence-electron chi connectivity index (χ0n) is 14.3. The number of carbonyl (C=O) groups excluding carboxylic acids is 1. The maximum Gasteiger partial charge on any atom is 0.322 e. The number of nitrogens with one attached hydrogen (secondary N) is 1. The molecule has 1 fully saturated rings. The number of benzene rings is 2. The molecule has 3 heterocycles. The number of hydrogen-bond acceptors (Lipinski definition) is 3. The van der Waals surface area contributed by atoms with E-state index in [4.69, 9.17) is 9.47 Å². The van der Waals surface area contributed by atoms with E-state index in [9.17, 15) is 4.79 Å². The maximum absolute atomic E-state index is 12.9. The molecule has 2 aromatic rings. The van der Waals surface area contributed by atoms with Crippen molar-refractivity contribution in [2.24, 2.45) is 0 Å². The van der Waals surface area contributed by atoms with Crippen molar-refractivity contribution < 1.29 is 14.3 Å². The molecule has 0 radical (unpaired) electrons. The lowest BCUT2D eigenvalue weighted by molar-refractivity contribution is -0.0431. The number of ether oxygens (including phenoxy) is 2. The highest BCUT2D eigenvalue weighted by atomic mass is 16.7. The van der Waals surface area contributed by atoms with Gasteiger partial charge in [-0.3, -0.25) is 0 Å². The first-order chi connectivity index (χ1) is 12.0. The van der Waals surface area contributed by atoms with Crippen molar-refractivity contribution in [3.8, 4) is 11.5 Å². The van der Waals surface area contributed by atoms with Gasteiger partial charge in [0.05, 0.1) is 12.1 Å². The second kappa shape index (κ2) is 4.91. The van der Waals surface area contributed by atoms with Crippen LogP contribution in [-0.2, 0) is 0 Å². The SMILES string of the molecule is CC1(C)Oc2ccc(NC(=O)N3C4CCC3c3ccccc34)cc2O1. The molecule has 0 spiro atoms. The molecule has 3 aliphatic rings. The molecule has 1 N–H and O–H groups in total. The van der Waals surface area contributed by atoms with Crippen LogP contribution in [-0.4, -0.2) is 16.7 Å². The van der Waals surface area contributed by atoms with Gasteiger partial charge >= 0.3 is 6.03 Å². The largest absolute Gasteiger partial charge is 0.449 e. The molecule has 5 rings (SSSR count). The molecule has 5 heteroatoms. The lowest BCUT2D eigenvalue weighted by Crippen LogP contribution is -2.32. The second-order valence-corrected chi connectivity index (χ2v) is 7.34. The Morgan fingerprint density at radius 3 is 2.36 bits per heavy atom. The molecule has 128 valence electrons. The molecule has 2 atom stereocenters. The summed E-state index contributed by atoms with van der Waals surface area (Å²) in [6.45, 7) is 3.73. The van der Waals surface area contributed by atoms with E-state index in [1.165, 1.54) is 11.1 Å². The molecule has 0 aliphatic carbocycles. The number of rotatable bonds is 1. The Morgan fingerprint density at radius 2 is 1.68 bits per heavy atom. The highest BCUT2D eigenvalue weighted by Crippen LogP contribution is 2.53. The van der Waals surface area contributed by atoms with Crippen molar-refractivity contribution in [1.82, 2.24) is 4.90 Å². The zero-order valence-corrected chi connectivity index (χ0v) is 14.3. The van der Waals surface area contributed by atoms with Crippen molar-refractivity contribution in [2.75, 3.05) is 5.32 Å². The fourth-order valence-electron chi connectivity index (χ4n) is 4.31. The Morgan fingerprint density at radius 1 is 1.04 bits per heavy atom. The highest BCUT2D eigenvalue weighted by Gasteiger charge is 2.46. The maximum atomic E-state index is 12.9. The number of carbonyl (C=O) groups is 1. The topological polar surface area (TPSA) is 50.8 Å². The summed E-state index contributed by atoms with van der Waals surface area (Å²) in [5, 5.41) is 3.03. The van der Waals surface area contributed by atoms with Crippen LogP contribution in [0.2, 0.25) is 0 Å².